The van der Waals surface area contributed by atoms with Crippen molar-refractivity contribution in [2.45, 2.75) is 58.5 Å². The molecule has 0 saturated heterocycles. The summed E-state index contributed by atoms with van der Waals surface area (Å²) in [7, 11) is 0. The molecule has 1 amide bonds. The lowest BCUT2D eigenvalue weighted by atomic mass is 10.2. The highest BCUT2D eigenvalue weighted by Crippen LogP contribution is 2.19. The number of oxazole rings is 1. The highest BCUT2D eigenvalue weighted by atomic mass is 16.4. The summed E-state index contributed by atoms with van der Waals surface area (Å²) in [5.41, 5.74) is 0.717. The van der Waals surface area contributed by atoms with E-state index >= 15 is 0 Å². The third kappa shape index (κ3) is 2.35. The third-order valence-electron chi connectivity index (χ3n) is 3.78. The van der Waals surface area contributed by atoms with Crippen LogP contribution in [-0.2, 0) is 4.79 Å². The molecule has 1 heterocycles. The van der Waals surface area contributed by atoms with Crippen LogP contribution in [0.2, 0.25) is 0 Å². The van der Waals surface area contributed by atoms with Crippen LogP contribution in [0.15, 0.2) is 9.21 Å². The maximum atomic E-state index is 12.1. The summed E-state index contributed by atoms with van der Waals surface area (Å²) < 4.78 is 6.43. The summed E-state index contributed by atoms with van der Waals surface area (Å²) in [6, 6.07) is -0.250. The van der Waals surface area contributed by atoms with E-state index in [1.807, 2.05) is 0 Å². The summed E-state index contributed by atoms with van der Waals surface area (Å²) in [5.74, 6) is 0.00693. The first-order chi connectivity index (χ1) is 8.50. The second-order valence-electron chi connectivity index (χ2n) is 5.05. The normalized spacial score (nSPS) is 17.9. The number of amides is 1. The molecule has 1 aromatic heterocycles. The summed E-state index contributed by atoms with van der Waals surface area (Å²) in [6.45, 7) is 5.25. The van der Waals surface area contributed by atoms with Crippen molar-refractivity contribution in [2.75, 3.05) is 0 Å². The number of nitrogens with one attached hydrogen (secondary N) is 1. The van der Waals surface area contributed by atoms with E-state index in [2.05, 4.69) is 5.32 Å². The minimum absolute atomic E-state index is 0.104. The first-order valence-corrected chi connectivity index (χ1v) is 6.49. The predicted molar refractivity (Wildman–Crippen MR) is 67.6 cm³/mol. The topological polar surface area (TPSA) is 64.2 Å². The molecular weight excluding hydrogens is 232 g/mol. The van der Waals surface area contributed by atoms with E-state index in [1.165, 1.54) is 17.4 Å². The molecule has 1 fully saturated rings. The number of carbonyl (C=O) groups is 1. The predicted octanol–water partition coefficient (Wildman–Crippen LogP) is 1.68. The van der Waals surface area contributed by atoms with Crippen molar-refractivity contribution in [1.82, 2.24) is 9.88 Å². The average molecular weight is 252 g/mol. The van der Waals surface area contributed by atoms with Gasteiger partial charge < -0.3 is 9.73 Å². The maximum Gasteiger partial charge on any atom is 0.420 e. The molecule has 1 aliphatic carbocycles. The van der Waals surface area contributed by atoms with Gasteiger partial charge in [-0.15, -0.1) is 0 Å². The SMILES string of the molecule is Cc1oc(=O)n([C@@H](C)C(=O)NC2CCCC2)c1C. The monoisotopic (exact) mass is 252 g/mol. The van der Waals surface area contributed by atoms with E-state index in [0.29, 0.717) is 11.5 Å². The number of hydrogen-bond acceptors (Lipinski definition) is 3. The highest BCUT2D eigenvalue weighted by molar-refractivity contribution is 5.80. The van der Waals surface area contributed by atoms with Crippen LogP contribution >= 0.6 is 0 Å². The smallest absolute Gasteiger partial charge is 0.413 e. The van der Waals surface area contributed by atoms with Gasteiger partial charge in [0.05, 0.1) is 5.69 Å². The molecule has 0 bridgehead atoms. The standard InChI is InChI=1S/C13H20N2O3/c1-8-10(3)18-13(17)15(8)9(2)12(16)14-11-6-4-5-7-11/h9,11H,4-7H2,1-3H3,(H,14,16)/t9-/m0/s1. The molecule has 1 atom stereocenters. The van der Waals surface area contributed by atoms with Crippen LogP contribution in [0.4, 0.5) is 0 Å². The molecule has 1 saturated carbocycles. The Labute approximate surface area is 106 Å². The molecule has 5 heteroatoms. The second-order valence-corrected chi connectivity index (χ2v) is 5.05. The summed E-state index contributed by atoms with van der Waals surface area (Å²) in [6.07, 6.45) is 4.42. The number of rotatable bonds is 3. The minimum Gasteiger partial charge on any atom is -0.413 e. The van der Waals surface area contributed by atoms with Gasteiger partial charge in [0, 0.05) is 6.04 Å². The van der Waals surface area contributed by atoms with Crippen molar-refractivity contribution in [3.05, 3.63) is 22.0 Å². The van der Waals surface area contributed by atoms with Crippen molar-refractivity contribution in [1.29, 1.82) is 0 Å². The number of hydrogen-bond donors (Lipinski definition) is 1. The van der Waals surface area contributed by atoms with Crippen LogP contribution in [0.3, 0.4) is 0 Å². The zero-order valence-electron chi connectivity index (χ0n) is 11.2. The third-order valence-corrected chi connectivity index (χ3v) is 3.78. The Bertz CT molecular complexity index is 495. The lowest BCUT2D eigenvalue weighted by Gasteiger charge is -2.17. The first-order valence-electron chi connectivity index (χ1n) is 6.49. The van der Waals surface area contributed by atoms with Gasteiger partial charge in [-0.3, -0.25) is 9.36 Å². The molecule has 1 N–H and O–H groups in total. The van der Waals surface area contributed by atoms with E-state index in [1.54, 1.807) is 20.8 Å². The van der Waals surface area contributed by atoms with E-state index in [0.717, 1.165) is 12.8 Å². The molecule has 1 aliphatic rings. The quantitative estimate of drug-likeness (QED) is 0.890. The van der Waals surface area contributed by atoms with Gasteiger partial charge in [0.1, 0.15) is 11.8 Å². The Kier molecular flexibility index (Phi) is 3.59. The average Bonchev–Trinajstić information content (AvgIpc) is 2.88. The Morgan fingerprint density at radius 3 is 2.50 bits per heavy atom. The second kappa shape index (κ2) is 5.00. The van der Waals surface area contributed by atoms with Gasteiger partial charge in [0.25, 0.3) is 0 Å². The van der Waals surface area contributed by atoms with Crippen LogP contribution in [0.25, 0.3) is 0 Å². The van der Waals surface area contributed by atoms with E-state index in [4.69, 9.17) is 4.42 Å². The molecule has 0 unspecified atom stereocenters. The molecule has 0 aromatic carbocycles. The maximum absolute atomic E-state index is 12.1. The first kappa shape index (κ1) is 12.9. The van der Waals surface area contributed by atoms with Crippen LogP contribution in [0.5, 0.6) is 0 Å². The molecule has 5 nitrogen and oxygen atoms in total. The molecule has 18 heavy (non-hydrogen) atoms. The van der Waals surface area contributed by atoms with E-state index < -0.39 is 11.8 Å². The van der Waals surface area contributed by atoms with Gasteiger partial charge in [0.2, 0.25) is 5.91 Å². The minimum atomic E-state index is -0.518. The molecule has 1 aromatic rings. The van der Waals surface area contributed by atoms with Crippen LogP contribution in [0.1, 0.15) is 50.1 Å². The van der Waals surface area contributed by atoms with Crippen molar-refractivity contribution in [3.63, 3.8) is 0 Å². The van der Waals surface area contributed by atoms with Crippen LogP contribution < -0.4 is 11.1 Å². The number of nitrogens with zero attached hydrogens (tertiary/aromatic N) is 1. The van der Waals surface area contributed by atoms with E-state index in [9.17, 15) is 9.59 Å². The van der Waals surface area contributed by atoms with Crippen molar-refractivity contribution in [2.24, 2.45) is 0 Å². The summed E-state index contributed by atoms with van der Waals surface area (Å²) in [5, 5.41) is 3.00. The highest BCUT2D eigenvalue weighted by Gasteiger charge is 2.24. The summed E-state index contributed by atoms with van der Waals surface area (Å²) in [4.78, 5) is 23.8. The zero-order chi connectivity index (χ0) is 13.3. The lowest BCUT2D eigenvalue weighted by molar-refractivity contribution is -0.124. The van der Waals surface area contributed by atoms with Gasteiger partial charge in [-0.05, 0) is 33.6 Å². The zero-order valence-corrected chi connectivity index (χ0v) is 11.2. The van der Waals surface area contributed by atoms with Crippen molar-refractivity contribution >= 4 is 5.91 Å². The van der Waals surface area contributed by atoms with Gasteiger partial charge in [-0.2, -0.15) is 0 Å². The van der Waals surface area contributed by atoms with Crippen LogP contribution in [0, 0.1) is 13.8 Å². The van der Waals surface area contributed by atoms with Crippen LogP contribution in [-0.4, -0.2) is 16.5 Å². The number of carbonyl (C=O) groups excluding carboxylic acids is 1. The Hall–Kier alpha value is -1.52. The Morgan fingerprint density at radius 1 is 1.39 bits per heavy atom. The lowest BCUT2D eigenvalue weighted by Crippen LogP contribution is -2.39. The van der Waals surface area contributed by atoms with Gasteiger partial charge in [-0.25, -0.2) is 4.79 Å². The van der Waals surface area contributed by atoms with E-state index in [-0.39, 0.29) is 11.9 Å². The fourth-order valence-corrected chi connectivity index (χ4v) is 2.52. The summed E-state index contributed by atoms with van der Waals surface area (Å²) >= 11 is 0. The fraction of sp³-hybridized carbons (Fsp3) is 0.692. The fourth-order valence-electron chi connectivity index (χ4n) is 2.52. The molecule has 0 radical (unpaired) electrons. The van der Waals surface area contributed by atoms with Crippen molar-refractivity contribution in [3.8, 4) is 0 Å². The molecule has 2 rings (SSSR count). The van der Waals surface area contributed by atoms with Gasteiger partial charge in [0.15, 0.2) is 0 Å². The number of aryl methyl sites for hydroxylation is 1. The van der Waals surface area contributed by atoms with Crippen molar-refractivity contribution < 1.29 is 9.21 Å². The molecular formula is C13H20N2O3. The Balaban J connectivity index is 2.12. The Morgan fingerprint density at radius 2 is 2.00 bits per heavy atom. The largest absolute Gasteiger partial charge is 0.420 e. The molecule has 0 aliphatic heterocycles. The van der Waals surface area contributed by atoms with Gasteiger partial charge in [-0.1, -0.05) is 12.8 Å². The molecule has 0 spiro atoms. The molecule has 100 valence electrons. The van der Waals surface area contributed by atoms with Gasteiger partial charge >= 0.3 is 5.76 Å². The number of aromatic nitrogens is 1.